The number of esters is 2. The maximum Gasteiger partial charge on any atom is 0.343 e. The van der Waals surface area contributed by atoms with Gasteiger partial charge in [0.25, 0.3) is 5.91 Å². The summed E-state index contributed by atoms with van der Waals surface area (Å²) < 4.78 is 17.1. The molecule has 0 saturated carbocycles. The average Bonchev–Trinajstić information content (AvgIpc) is 3.02. The Kier molecular flexibility index (Phi) is 8.46. The summed E-state index contributed by atoms with van der Waals surface area (Å²) >= 11 is 0. The number of likely N-dealkylation sites (N-methyl/N-ethyl adjacent to an activating group) is 1. The number of rotatable bonds is 8. The fourth-order valence-electron chi connectivity index (χ4n) is 5.33. The molecule has 0 spiro atoms. The smallest absolute Gasteiger partial charge is 0.343 e. The molecule has 1 aliphatic rings. The Hall–Kier alpha value is -5.44. The minimum atomic E-state index is -0.841. The van der Waals surface area contributed by atoms with Gasteiger partial charge >= 0.3 is 11.9 Å². The first-order valence-electron chi connectivity index (χ1n) is 14.4. The number of Topliss-reactive ketones (excluding diaryl/α,β-unsaturated/α-hetero) is 1. The zero-order chi connectivity index (χ0) is 32.5. The van der Waals surface area contributed by atoms with Crippen molar-refractivity contribution in [3.05, 3.63) is 107 Å². The molecule has 1 heterocycles. The van der Waals surface area contributed by atoms with E-state index in [1.807, 2.05) is 31.2 Å². The topological polar surface area (TPSA) is 111 Å². The van der Waals surface area contributed by atoms with E-state index in [1.54, 1.807) is 74.3 Å². The Morgan fingerprint density at radius 1 is 0.844 bits per heavy atom. The molecule has 1 aliphatic heterocycles. The van der Waals surface area contributed by atoms with Gasteiger partial charge in [-0.1, -0.05) is 35.9 Å². The number of nitrogens with one attached hydrogen (secondary N) is 1. The lowest BCUT2D eigenvalue weighted by Crippen LogP contribution is -2.52. The summed E-state index contributed by atoms with van der Waals surface area (Å²) in [6.45, 7) is 6.84. The predicted octanol–water partition coefficient (Wildman–Crippen LogP) is 6.62. The summed E-state index contributed by atoms with van der Waals surface area (Å²) in [4.78, 5) is 52.6. The number of methoxy groups -OCH3 is 1. The Balaban J connectivity index is 1.53. The van der Waals surface area contributed by atoms with Crippen LogP contribution in [0.25, 0.3) is 11.1 Å². The standard InChI is InChI=1S/C36H34N2O7/c1-21-10-12-23(13-11-21)33(40)44-20-29-27(16-17-30-32(29)38(5)35(42)36(3,4)37-30)28-15-14-26(19-31(28)43-6)45-34(41)25-9-7-8-24(18-25)22(2)39/h7-19,37H,20H2,1-6H3. The molecule has 0 radical (unpaired) electrons. The van der Waals surface area contributed by atoms with Crippen molar-refractivity contribution in [2.75, 3.05) is 24.4 Å². The van der Waals surface area contributed by atoms with E-state index in [-0.39, 0.29) is 29.6 Å². The Morgan fingerprint density at radius 2 is 1.53 bits per heavy atom. The van der Waals surface area contributed by atoms with E-state index >= 15 is 0 Å². The van der Waals surface area contributed by atoms with E-state index in [9.17, 15) is 19.2 Å². The fraction of sp³-hybridized carbons (Fsp3) is 0.222. The van der Waals surface area contributed by atoms with Crippen LogP contribution < -0.4 is 19.7 Å². The zero-order valence-corrected chi connectivity index (χ0v) is 26.0. The monoisotopic (exact) mass is 606 g/mol. The number of carbonyl (C=O) groups is 4. The highest BCUT2D eigenvalue weighted by Crippen LogP contribution is 2.45. The van der Waals surface area contributed by atoms with Crippen LogP contribution in [0.2, 0.25) is 0 Å². The van der Waals surface area contributed by atoms with Gasteiger partial charge in [-0.15, -0.1) is 0 Å². The molecule has 230 valence electrons. The summed E-state index contributed by atoms with van der Waals surface area (Å²) in [5.74, 6) is -0.816. The number of ketones is 1. The van der Waals surface area contributed by atoms with Gasteiger partial charge in [-0.2, -0.15) is 0 Å². The van der Waals surface area contributed by atoms with Crippen molar-refractivity contribution in [3.8, 4) is 22.6 Å². The first-order valence-corrected chi connectivity index (χ1v) is 14.4. The number of hydrogen-bond acceptors (Lipinski definition) is 8. The van der Waals surface area contributed by atoms with Crippen LogP contribution in [0.3, 0.4) is 0 Å². The van der Waals surface area contributed by atoms with Crippen molar-refractivity contribution < 1.29 is 33.4 Å². The zero-order valence-electron chi connectivity index (χ0n) is 26.0. The number of carbonyl (C=O) groups excluding carboxylic acids is 4. The molecule has 0 bridgehead atoms. The third-order valence-corrected chi connectivity index (χ3v) is 7.72. The highest BCUT2D eigenvalue weighted by molar-refractivity contribution is 6.09. The third-order valence-electron chi connectivity index (χ3n) is 7.72. The summed E-state index contributed by atoms with van der Waals surface area (Å²) in [7, 11) is 3.19. The molecule has 9 heteroatoms. The van der Waals surface area contributed by atoms with Crippen molar-refractivity contribution in [3.63, 3.8) is 0 Å². The second kappa shape index (κ2) is 12.3. The second-order valence-corrected chi connectivity index (χ2v) is 11.4. The molecule has 9 nitrogen and oxygen atoms in total. The van der Waals surface area contributed by atoms with E-state index in [4.69, 9.17) is 14.2 Å². The number of aryl methyl sites for hydroxylation is 1. The van der Waals surface area contributed by atoms with Gasteiger partial charge in [0.1, 0.15) is 23.6 Å². The van der Waals surface area contributed by atoms with Crippen LogP contribution in [0, 0.1) is 6.92 Å². The summed E-state index contributed by atoms with van der Waals surface area (Å²) in [6, 6.07) is 22.1. The number of amides is 1. The molecule has 0 atom stereocenters. The SMILES string of the molecule is COc1cc(OC(=O)c2cccc(C(C)=O)c2)ccc1-c1ccc2c(c1COC(=O)c1ccc(C)cc1)N(C)C(=O)C(C)(C)N2. The molecular formula is C36H34N2O7. The van der Waals surface area contributed by atoms with Gasteiger partial charge in [0.15, 0.2) is 5.78 Å². The van der Waals surface area contributed by atoms with Gasteiger partial charge in [-0.3, -0.25) is 9.59 Å². The van der Waals surface area contributed by atoms with E-state index in [2.05, 4.69) is 5.32 Å². The molecule has 0 unspecified atom stereocenters. The number of hydrogen-bond donors (Lipinski definition) is 1. The highest BCUT2D eigenvalue weighted by Gasteiger charge is 2.39. The van der Waals surface area contributed by atoms with Crippen molar-refractivity contribution in [1.29, 1.82) is 0 Å². The normalized spacial score (nSPS) is 13.4. The minimum absolute atomic E-state index is 0.128. The van der Waals surface area contributed by atoms with Crippen molar-refractivity contribution in [2.45, 2.75) is 39.8 Å². The van der Waals surface area contributed by atoms with E-state index < -0.39 is 17.5 Å². The number of ether oxygens (including phenoxy) is 3. The molecule has 45 heavy (non-hydrogen) atoms. The van der Waals surface area contributed by atoms with E-state index in [0.29, 0.717) is 44.9 Å². The number of fused-ring (bicyclic) bond motifs is 1. The summed E-state index contributed by atoms with van der Waals surface area (Å²) in [5, 5.41) is 3.31. The number of nitrogens with zero attached hydrogens (tertiary/aromatic N) is 1. The van der Waals surface area contributed by atoms with Crippen molar-refractivity contribution in [1.82, 2.24) is 0 Å². The predicted molar refractivity (Wildman–Crippen MR) is 171 cm³/mol. The Morgan fingerprint density at radius 3 is 2.22 bits per heavy atom. The molecule has 1 N–H and O–H groups in total. The maximum absolute atomic E-state index is 13.3. The van der Waals surface area contributed by atoms with Gasteiger partial charge in [0.2, 0.25) is 0 Å². The first-order chi connectivity index (χ1) is 21.4. The quantitative estimate of drug-likeness (QED) is 0.135. The summed E-state index contributed by atoms with van der Waals surface area (Å²) in [6.07, 6.45) is 0. The van der Waals surface area contributed by atoms with Gasteiger partial charge in [-0.05, 0) is 75.7 Å². The minimum Gasteiger partial charge on any atom is -0.496 e. The van der Waals surface area contributed by atoms with Crippen molar-refractivity contribution >= 4 is 35.0 Å². The molecule has 0 fully saturated rings. The van der Waals surface area contributed by atoms with Crippen LogP contribution in [0.15, 0.2) is 78.9 Å². The Labute approximate surface area is 261 Å². The lowest BCUT2D eigenvalue weighted by atomic mass is 9.91. The lowest BCUT2D eigenvalue weighted by Gasteiger charge is -2.39. The highest BCUT2D eigenvalue weighted by atomic mass is 16.5. The van der Waals surface area contributed by atoms with Crippen molar-refractivity contribution in [2.24, 2.45) is 0 Å². The third kappa shape index (κ3) is 6.28. The van der Waals surface area contributed by atoms with Crippen LogP contribution in [-0.4, -0.2) is 43.3 Å². The van der Waals surface area contributed by atoms with Crippen LogP contribution in [0.4, 0.5) is 11.4 Å². The van der Waals surface area contributed by atoms with Crippen LogP contribution in [-0.2, 0) is 16.1 Å². The first kappa shape index (κ1) is 31.0. The molecule has 0 aromatic heterocycles. The van der Waals surface area contributed by atoms with Gasteiger partial charge in [-0.25, -0.2) is 9.59 Å². The van der Waals surface area contributed by atoms with Gasteiger partial charge in [0.05, 0.1) is 29.6 Å². The maximum atomic E-state index is 13.3. The second-order valence-electron chi connectivity index (χ2n) is 11.4. The Bertz CT molecular complexity index is 1830. The molecule has 0 aliphatic carbocycles. The number of anilines is 2. The van der Waals surface area contributed by atoms with E-state index in [1.165, 1.54) is 20.1 Å². The van der Waals surface area contributed by atoms with Crippen LogP contribution >= 0.6 is 0 Å². The fourth-order valence-corrected chi connectivity index (χ4v) is 5.33. The summed E-state index contributed by atoms with van der Waals surface area (Å²) in [5.41, 5.74) is 4.41. The number of benzene rings is 4. The van der Waals surface area contributed by atoms with Crippen LogP contribution in [0.1, 0.15) is 63.0 Å². The largest absolute Gasteiger partial charge is 0.496 e. The molecule has 4 aromatic rings. The molecule has 4 aromatic carbocycles. The molecular weight excluding hydrogens is 572 g/mol. The van der Waals surface area contributed by atoms with Gasteiger partial charge in [0, 0.05) is 29.8 Å². The van der Waals surface area contributed by atoms with E-state index in [0.717, 1.165) is 5.56 Å². The molecule has 0 saturated heterocycles. The molecule has 1 amide bonds. The average molecular weight is 607 g/mol. The van der Waals surface area contributed by atoms with Gasteiger partial charge < -0.3 is 24.4 Å². The van der Waals surface area contributed by atoms with Crippen LogP contribution in [0.5, 0.6) is 11.5 Å². The molecule has 5 rings (SSSR count). The lowest BCUT2D eigenvalue weighted by molar-refractivity contribution is -0.121.